The summed E-state index contributed by atoms with van der Waals surface area (Å²) in [5.74, 6) is 0. The lowest BCUT2D eigenvalue weighted by atomic mass is 9.98. The molecule has 1 aromatic heterocycles. The zero-order valence-corrected chi connectivity index (χ0v) is 14.6. The number of nitrogens with one attached hydrogen (secondary N) is 1. The smallest absolute Gasteiger partial charge is 0.185 e. The maximum Gasteiger partial charge on any atom is 0.185 e. The van der Waals surface area contributed by atoms with Crippen LogP contribution in [0.4, 0.5) is 5.13 Å². The molecular formula is C16H28N4S. The fourth-order valence-corrected chi connectivity index (χ4v) is 4.69. The molecule has 118 valence electrons. The number of rotatable bonds is 2. The molecular weight excluding hydrogens is 280 g/mol. The number of fused-ring (bicyclic) bond motifs is 1. The van der Waals surface area contributed by atoms with Gasteiger partial charge in [-0.15, -0.1) is 0 Å². The Labute approximate surface area is 132 Å². The number of hydrogen-bond donors (Lipinski definition) is 1. The van der Waals surface area contributed by atoms with Crippen molar-refractivity contribution in [2.75, 3.05) is 38.1 Å². The van der Waals surface area contributed by atoms with Crippen molar-refractivity contribution >= 4 is 16.5 Å². The maximum atomic E-state index is 4.95. The van der Waals surface area contributed by atoms with E-state index in [1.54, 1.807) is 0 Å². The van der Waals surface area contributed by atoms with Crippen LogP contribution in [-0.2, 0) is 6.42 Å². The van der Waals surface area contributed by atoms with Gasteiger partial charge in [0.05, 0.1) is 5.69 Å². The summed E-state index contributed by atoms with van der Waals surface area (Å²) in [6, 6.07) is 0.524. The molecule has 0 saturated carbocycles. The van der Waals surface area contributed by atoms with E-state index in [9.17, 15) is 0 Å². The van der Waals surface area contributed by atoms with E-state index < -0.39 is 0 Å². The van der Waals surface area contributed by atoms with E-state index in [4.69, 9.17) is 4.98 Å². The molecule has 1 saturated heterocycles. The van der Waals surface area contributed by atoms with Crippen molar-refractivity contribution in [3.63, 3.8) is 0 Å². The summed E-state index contributed by atoms with van der Waals surface area (Å²) in [4.78, 5) is 11.5. The Morgan fingerprint density at radius 1 is 1.19 bits per heavy atom. The molecule has 2 heterocycles. The predicted octanol–water partition coefficient (Wildman–Crippen LogP) is 2.66. The lowest BCUT2D eigenvalue weighted by molar-refractivity contribution is 0.128. The third-order valence-electron chi connectivity index (χ3n) is 4.79. The molecule has 21 heavy (non-hydrogen) atoms. The molecule has 0 spiro atoms. The summed E-state index contributed by atoms with van der Waals surface area (Å²) < 4.78 is 0. The summed E-state index contributed by atoms with van der Waals surface area (Å²) in [5, 5.41) is 4.69. The summed E-state index contributed by atoms with van der Waals surface area (Å²) in [6.07, 6.45) is 3.67. The van der Waals surface area contributed by atoms with E-state index in [-0.39, 0.29) is 5.54 Å². The van der Waals surface area contributed by atoms with Crippen LogP contribution in [0.15, 0.2) is 0 Å². The van der Waals surface area contributed by atoms with Crippen molar-refractivity contribution in [2.24, 2.45) is 0 Å². The minimum absolute atomic E-state index is 0.283. The van der Waals surface area contributed by atoms with Gasteiger partial charge in [-0.05, 0) is 47.1 Å². The van der Waals surface area contributed by atoms with Gasteiger partial charge in [0.25, 0.3) is 0 Å². The SMILES string of the molecule is CNC1CCCc2nc(N3CCN(C(C)(C)C)CC3)sc21. The molecule has 5 heteroatoms. The highest BCUT2D eigenvalue weighted by Gasteiger charge is 2.29. The maximum absolute atomic E-state index is 4.95. The normalized spacial score (nSPS) is 24.2. The molecule has 1 atom stereocenters. The van der Waals surface area contributed by atoms with Crippen LogP contribution in [0.1, 0.15) is 50.2 Å². The van der Waals surface area contributed by atoms with Crippen LogP contribution in [0.3, 0.4) is 0 Å². The second-order valence-corrected chi connectivity index (χ2v) is 8.19. The Hall–Kier alpha value is -0.650. The number of nitrogens with zero attached hydrogens (tertiary/aromatic N) is 3. The summed E-state index contributed by atoms with van der Waals surface area (Å²) in [6.45, 7) is 11.4. The van der Waals surface area contributed by atoms with Crippen LogP contribution in [0.25, 0.3) is 0 Å². The van der Waals surface area contributed by atoms with Gasteiger partial charge in [0, 0.05) is 42.6 Å². The molecule has 0 radical (unpaired) electrons. The van der Waals surface area contributed by atoms with Crippen molar-refractivity contribution in [1.82, 2.24) is 15.2 Å². The molecule has 1 aliphatic heterocycles. The molecule has 0 amide bonds. The molecule has 4 nitrogen and oxygen atoms in total. The van der Waals surface area contributed by atoms with Gasteiger partial charge in [-0.25, -0.2) is 4.98 Å². The fourth-order valence-electron chi connectivity index (χ4n) is 3.39. The first-order valence-electron chi connectivity index (χ1n) is 8.16. The summed E-state index contributed by atoms with van der Waals surface area (Å²) in [7, 11) is 2.07. The minimum Gasteiger partial charge on any atom is -0.346 e. The molecule has 1 aliphatic carbocycles. The first kappa shape index (κ1) is 15.3. The van der Waals surface area contributed by atoms with Crippen LogP contribution >= 0.6 is 11.3 Å². The average molecular weight is 308 g/mol. The fraction of sp³-hybridized carbons (Fsp3) is 0.812. The number of thiazole rings is 1. The number of anilines is 1. The van der Waals surface area contributed by atoms with Gasteiger partial charge < -0.3 is 10.2 Å². The van der Waals surface area contributed by atoms with Gasteiger partial charge >= 0.3 is 0 Å². The number of aromatic nitrogens is 1. The van der Waals surface area contributed by atoms with E-state index in [0.29, 0.717) is 6.04 Å². The molecule has 1 fully saturated rings. The standard InChI is InChI=1S/C16H28N4S/c1-16(2,3)20-10-8-19(9-11-20)15-18-13-7-5-6-12(17-4)14(13)21-15/h12,17H,5-11H2,1-4H3. The third kappa shape index (κ3) is 3.10. The molecule has 1 aromatic rings. The van der Waals surface area contributed by atoms with Crippen LogP contribution in [0.2, 0.25) is 0 Å². The summed E-state index contributed by atoms with van der Waals surface area (Å²) in [5.41, 5.74) is 1.63. The van der Waals surface area contributed by atoms with Crippen molar-refractivity contribution in [2.45, 2.75) is 51.6 Å². The molecule has 1 N–H and O–H groups in total. The van der Waals surface area contributed by atoms with Crippen molar-refractivity contribution in [3.8, 4) is 0 Å². The van der Waals surface area contributed by atoms with Crippen LogP contribution in [-0.4, -0.2) is 48.6 Å². The van der Waals surface area contributed by atoms with E-state index in [1.165, 1.54) is 28.5 Å². The summed E-state index contributed by atoms with van der Waals surface area (Å²) >= 11 is 1.92. The van der Waals surface area contributed by atoms with E-state index in [1.807, 2.05) is 11.3 Å². The number of piperazine rings is 1. The second kappa shape index (κ2) is 5.86. The largest absolute Gasteiger partial charge is 0.346 e. The van der Waals surface area contributed by atoms with Crippen LogP contribution in [0.5, 0.6) is 0 Å². The van der Waals surface area contributed by atoms with Crippen molar-refractivity contribution < 1.29 is 0 Å². The minimum atomic E-state index is 0.283. The van der Waals surface area contributed by atoms with Gasteiger partial charge in [0.15, 0.2) is 5.13 Å². The molecule has 2 aliphatic rings. The lowest BCUT2D eigenvalue weighted by Crippen LogP contribution is -2.53. The number of aryl methyl sites for hydroxylation is 1. The second-order valence-electron chi connectivity index (χ2n) is 7.19. The Morgan fingerprint density at radius 3 is 2.52 bits per heavy atom. The average Bonchev–Trinajstić information content (AvgIpc) is 2.90. The topological polar surface area (TPSA) is 31.4 Å². The van der Waals surface area contributed by atoms with Gasteiger partial charge in [-0.2, -0.15) is 0 Å². The zero-order valence-electron chi connectivity index (χ0n) is 13.8. The molecule has 3 rings (SSSR count). The predicted molar refractivity (Wildman–Crippen MR) is 90.4 cm³/mol. The third-order valence-corrected chi connectivity index (χ3v) is 6.06. The highest BCUT2D eigenvalue weighted by Crippen LogP contribution is 2.37. The highest BCUT2D eigenvalue weighted by atomic mass is 32.1. The van der Waals surface area contributed by atoms with E-state index in [2.05, 4.69) is 42.9 Å². The lowest BCUT2D eigenvalue weighted by Gasteiger charge is -2.42. The number of hydrogen-bond acceptors (Lipinski definition) is 5. The van der Waals surface area contributed by atoms with Crippen LogP contribution in [0, 0.1) is 0 Å². The zero-order chi connectivity index (χ0) is 15.0. The Morgan fingerprint density at radius 2 is 1.90 bits per heavy atom. The monoisotopic (exact) mass is 308 g/mol. The van der Waals surface area contributed by atoms with Crippen molar-refractivity contribution in [3.05, 3.63) is 10.6 Å². The molecule has 0 bridgehead atoms. The van der Waals surface area contributed by atoms with Crippen molar-refractivity contribution in [1.29, 1.82) is 0 Å². The van der Waals surface area contributed by atoms with Gasteiger partial charge in [0.1, 0.15) is 0 Å². The van der Waals surface area contributed by atoms with Gasteiger partial charge in [0.2, 0.25) is 0 Å². The first-order valence-corrected chi connectivity index (χ1v) is 8.97. The van der Waals surface area contributed by atoms with E-state index >= 15 is 0 Å². The molecule has 0 aromatic carbocycles. The van der Waals surface area contributed by atoms with Gasteiger partial charge in [-0.1, -0.05) is 11.3 Å². The highest BCUT2D eigenvalue weighted by molar-refractivity contribution is 7.15. The Balaban J connectivity index is 1.70. The first-order chi connectivity index (χ1) is 9.99. The Kier molecular flexibility index (Phi) is 4.26. The quantitative estimate of drug-likeness (QED) is 0.910. The Bertz CT molecular complexity index is 483. The van der Waals surface area contributed by atoms with Gasteiger partial charge in [-0.3, -0.25) is 4.90 Å². The van der Waals surface area contributed by atoms with Crippen LogP contribution < -0.4 is 10.2 Å². The molecule has 1 unspecified atom stereocenters. The van der Waals surface area contributed by atoms with E-state index in [0.717, 1.165) is 32.6 Å².